The summed E-state index contributed by atoms with van der Waals surface area (Å²) in [5.74, 6) is -1.53. The van der Waals surface area contributed by atoms with Crippen molar-refractivity contribution in [3.8, 4) is 0 Å². The molecule has 0 saturated heterocycles. The van der Waals surface area contributed by atoms with Gasteiger partial charge in [-0.2, -0.15) is 0 Å². The van der Waals surface area contributed by atoms with E-state index >= 15 is 0 Å². The Hall–Kier alpha value is -2.64. The fourth-order valence-electron chi connectivity index (χ4n) is 2.56. The quantitative estimate of drug-likeness (QED) is 0.443. The first kappa shape index (κ1) is 21.7. The molecular formula is C22H23N2O3Sn. The number of carbonyl (C=O) groups is 2. The van der Waals surface area contributed by atoms with Crippen LogP contribution in [0.25, 0.3) is 0 Å². The van der Waals surface area contributed by atoms with Gasteiger partial charge >= 0.3 is 127 Å². The number of nitrogens with two attached hydrogens (primary N) is 1. The van der Waals surface area contributed by atoms with Gasteiger partial charge in [0.2, 0.25) is 5.91 Å². The van der Waals surface area contributed by atoms with Crippen molar-refractivity contribution in [3.63, 3.8) is 0 Å². The molecule has 0 unspecified atom stereocenters. The predicted octanol–water partition coefficient (Wildman–Crippen LogP) is 0.349. The van der Waals surface area contributed by atoms with Crippen molar-refractivity contribution in [2.24, 2.45) is 5.73 Å². The number of carboxylic acid groups (broad SMARTS) is 1. The molecule has 1 amide bonds. The third-order valence-corrected chi connectivity index (χ3v) is 11.6. The Labute approximate surface area is 171 Å². The Morgan fingerprint density at radius 1 is 0.750 bits per heavy atom. The Balaban J connectivity index is 0.000000266. The number of hydrogen-bond donors (Lipinski definition) is 3. The molecule has 4 N–H and O–H groups in total. The third-order valence-electron chi connectivity index (χ3n) is 3.81. The van der Waals surface area contributed by atoms with E-state index < -0.39 is 31.6 Å². The van der Waals surface area contributed by atoms with Gasteiger partial charge in [-0.25, -0.2) is 0 Å². The number of carbonyl (C=O) groups excluding carboxylic acids is 1. The van der Waals surface area contributed by atoms with Crippen LogP contribution in [0.1, 0.15) is 0 Å². The standard InChI is InChI=1S/3C6H5.C4H8N2O3.Sn/c3*1-2-4-6-5-3-1;5-1-3(7)6-2-4(8)9;/h3*1-5H;1-2,5H2,(H,6,7)(H,8,9);. The van der Waals surface area contributed by atoms with E-state index in [1.54, 1.807) is 0 Å². The van der Waals surface area contributed by atoms with E-state index in [-0.39, 0.29) is 13.1 Å². The van der Waals surface area contributed by atoms with Crippen molar-refractivity contribution in [1.82, 2.24) is 5.32 Å². The molecule has 0 fully saturated rings. The second-order valence-electron chi connectivity index (χ2n) is 5.85. The molecule has 0 aliphatic carbocycles. The van der Waals surface area contributed by atoms with E-state index in [0.29, 0.717) is 0 Å². The van der Waals surface area contributed by atoms with Crippen LogP contribution in [0.3, 0.4) is 0 Å². The molecule has 0 saturated carbocycles. The van der Waals surface area contributed by atoms with Gasteiger partial charge in [0.15, 0.2) is 0 Å². The molecule has 0 spiro atoms. The van der Waals surface area contributed by atoms with E-state index in [0.717, 1.165) is 0 Å². The molecule has 3 aromatic rings. The molecule has 3 rings (SSSR count). The number of rotatable bonds is 6. The number of carboxylic acids is 1. The summed E-state index contributed by atoms with van der Waals surface area (Å²) in [7, 11) is 0. The van der Waals surface area contributed by atoms with Gasteiger partial charge in [0.05, 0.1) is 6.54 Å². The minimum absolute atomic E-state index is 0.173. The van der Waals surface area contributed by atoms with E-state index in [2.05, 4.69) is 96.3 Å². The molecule has 28 heavy (non-hydrogen) atoms. The molecule has 3 aromatic carbocycles. The summed E-state index contributed by atoms with van der Waals surface area (Å²) in [5, 5.41) is 10.1. The van der Waals surface area contributed by atoms with Gasteiger partial charge in [0.1, 0.15) is 6.54 Å². The first-order chi connectivity index (χ1) is 13.6. The van der Waals surface area contributed by atoms with Gasteiger partial charge in [0.25, 0.3) is 0 Å². The molecule has 0 aromatic heterocycles. The third kappa shape index (κ3) is 7.17. The van der Waals surface area contributed by atoms with Crippen molar-refractivity contribution >= 4 is 42.4 Å². The first-order valence-electron chi connectivity index (χ1n) is 8.83. The predicted molar refractivity (Wildman–Crippen MR) is 114 cm³/mol. The van der Waals surface area contributed by atoms with Crippen LogP contribution >= 0.6 is 0 Å². The van der Waals surface area contributed by atoms with Crippen LogP contribution in [0.5, 0.6) is 0 Å². The van der Waals surface area contributed by atoms with Crippen LogP contribution in [0, 0.1) is 0 Å². The van der Waals surface area contributed by atoms with Crippen molar-refractivity contribution in [2.45, 2.75) is 0 Å². The van der Waals surface area contributed by atoms with Crippen LogP contribution in [0.4, 0.5) is 0 Å². The zero-order valence-electron chi connectivity index (χ0n) is 15.4. The molecule has 1 radical (unpaired) electrons. The number of benzene rings is 3. The average molecular weight is 482 g/mol. The number of aliphatic carboxylic acids is 1. The summed E-state index contributed by atoms with van der Waals surface area (Å²) >= 11 is -1.98. The van der Waals surface area contributed by atoms with Crippen molar-refractivity contribution in [3.05, 3.63) is 91.0 Å². The summed E-state index contributed by atoms with van der Waals surface area (Å²) in [4.78, 5) is 20.0. The molecule has 143 valence electrons. The zero-order valence-corrected chi connectivity index (χ0v) is 18.3. The zero-order chi connectivity index (χ0) is 20.2. The van der Waals surface area contributed by atoms with E-state index in [9.17, 15) is 9.59 Å². The summed E-state index contributed by atoms with van der Waals surface area (Å²) < 4.78 is 4.59. The maximum atomic E-state index is 10.2. The molecule has 0 heterocycles. The van der Waals surface area contributed by atoms with Gasteiger partial charge in [0, 0.05) is 0 Å². The van der Waals surface area contributed by atoms with Gasteiger partial charge in [-0.15, -0.1) is 0 Å². The van der Waals surface area contributed by atoms with Gasteiger partial charge in [-0.3, -0.25) is 9.59 Å². The second-order valence-corrected chi connectivity index (χ2v) is 12.9. The fraction of sp³-hybridized carbons (Fsp3) is 0.0909. The normalized spacial score (nSPS) is 9.93. The molecular weight excluding hydrogens is 459 g/mol. The number of hydrogen-bond acceptors (Lipinski definition) is 3. The summed E-state index contributed by atoms with van der Waals surface area (Å²) in [6.45, 7) is -0.538. The van der Waals surface area contributed by atoms with E-state index in [1.807, 2.05) is 0 Å². The van der Waals surface area contributed by atoms with Crippen LogP contribution in [-0.2, 0) is 9.59 Å². The van der Waals surface area contributed by atoms with Crippen LogP contribution in [0.15, 0.2) is 91.0 Å². The monoisotopic (exact) mass is 483 g/mol. The van der Waals surface area contributed by atoms with Crippen molar-refractivity contribution < 1.29 is 14.7 Å². The van der Waals surface area contributed by atoms with Crippen LogP contribution < -0.4 is 21.8 Å². The van der Waals surface area contributed by atoms with Crippen LogP contribution in [0.2, 0.25) is 0 Å². The SMILES string of the molecule is NCC(=O)NCC(=O)O.c1cc[c]([Sn]([c]2ccccc2)[c]2ccccc2)cc1. The Morgan fingerprint density at radius 2 is 1.11 bits per heavy atom. The molecule has 0 aliphatic rings. The summed E-state index contributed by atoms with van der Waals surface area (Å²) in [6, 6.07) is 32.9. The van der Waals surface area contributed by atoms with Gasteiger partial charge in [-0.1, -0.05) is 0 Å². The molecule has 5 nitrogen and oxygen atoms in total. The van der Waals surface area contributed by atoms with Crippen molar-refractivity contribution in [2.75, 3.05) is 13.1 Å². The molecule has 0 aliphatic heterocycles. The van der Waals surface area contributed by atoms with E-state index in [4.69, 9.17) is 10.8 Å². The summed E-state index contributed by atoms with van der Waals surface area (Å²) in [5.41, 5.74) is 4.85. The Kier molecular flexibility index (Phi) is 9.24. The van der Waals surface area contributed by atoms with Gasteiger partial charge < -0.3 is 16.2 Å². The number of nitrogens with one attached hydrogen (secondary N) is 1. The number of amides is 1. The second kappa shape index (κ2) is 11.9. The topological polar surface area (TPSA) is 92.4 Å². The fourth-order valence-corrected chi connectivity index (χ4v) is 9.92. The first-order valence-corrected chi connectivity index (χ1v) is 13.1. The van der Waals surface area contributed by atoms with Crippen molar-refractivity contribution in [1.29, 1.82) is 0 Å². The molecule has 6 heteroatoms. The minimum atomic E-state index is -1.98. The maximum absolute atomic E-state index is 10.2. The summed E-state index contributed by atoms with van der Waals surface area (Å²) in [6.07, 6.45) is 0. The average Bonchev–Trinajstić information content (AvgIpc) is 2.75. The van der Waals surface area contributed by atoms with E-state index in [1.165, 1.54) is 10.7 Å². The van der Waals surface area contributed by atoms with Crippen LogP contribution in [-0.4, -0.2) is 49.8 Å². The Bertz CT molecular complexity index is 765. The van der Waals surface area contributed by atoms with Gasteiger partial charge in [-0.05, 0) is 0 Å². The Morgan fingerprint density at radius 3 is 1.39 bits per heavy atom. The molecule has 0 atom stereocenters. The molecule has 0 bridgehead atoms.